The molecule has 0 aliphatic heterocycles. The SMILES string of the molecule is OB(O)c1c(OC(F)(F)F)ccc2ccccc12. The summed E-state index contributed by atoms with van der Waals surface area (Å²) in [6.07, 6.45) is -4.88. The van der Waals surface area contributed by atoms with Crippen molar-refractivity contribution in [3.05, 3.63) is 36.4 Å². The molecule has 0 saturated carbocycles. The second-order valence-corrected chi connectivity index (χ2v) is 3.62. The number of hydrogen-bond acceptors (Lipinski definition) is 3. The van der Waals surface area contributed by atoms with Crippen LogP contribution < -0.4 is 10.2 Å². The van der Waals surface area contributed by atoms with Crippen molar-refractivity contribution in [2.75, 3.05) is 0 Å². The van der Waals surface area contributed by atoms with E-state index in [1.807, 2.05) is 0 Å². The van der Waals surface area contributed by atoms with Crippen molar-refractivity contribution in [1.82, 2.24) is 0 Å². The highest BCUT2D eigenvalue weighted by atomic mass is 19.4. The molecule has 94 valence electrons. The molecule has 0 heterocycles. The minimum Gasteiger partial charge on any atom is -0.423 e. The van der Waals surface area contributed by atoms with Gasteiger partial charge in [-0.25, -0.2) is 0 Å². The third kappa shape index (κ3) is 2.57. The summed E-state index contributed by atoms with van der Waals surface area (Å²) < 4.78 is 40.4. The number of alkyl halides is 3. The van der Waals surface area contributed by atoms with E-state index < -0.39 is 19.2 Å². The van der Waals surface area contributed by atoms with Crippen LogP contribution in [0.2, 0.25) is 0 Å². The predicted octanol–water partition coefficient (Wildman–Crippen LogP) is 1.42. The summed E-state index contributed by atoms with van der Waals surface area (Å²) in [6.45, 7) is 0. The van der Waals surface area contributed by atoms with Crippen LogP contribution in [0.4, 0.5) is 13.2 Å². The molecule has 0 unspecified atom stereocenters. The first-order valence-electron chi connectivity index (χ1n) is 5.02. The van der Waals surface area contributed by atoms with Gasteiger partial charge in [-0.15, -0.1) is 13.2 Å². The zero-order valence-corrected chi connectivity index (χ0v) is 8.98. The Bertz CT molecular complexity index is 569. The number of benzene rings is 2. The van der Waals surface area contributed by atoms with Gasteiger partial charge in [0.05, 0.1) is 0 Å². The van der Waals surface area contributed by atoms with Crippen molar-refractivity contribution in [2.24, 2.45) is 0 Å². The summed E-state index contributed by atoms with van der Waals surface area (Å²) in [5.74, 6) is -0.615. The number of fused-ring (bicyclic) bond motifs is 1. The second-order valence-electron chi connectivity index (χ2n) is 3.62. The highest BCUT2D eigenvalue weighted by molar-refractivity contribution is 6.63. The topological polar surface area (TPSA) is 49.7 Å². The quantitative estimate of drug-likeness (QED) is 0.799. The maximum absolute atomic E-state index is 12.2. The Morgan fingerprint density at radius 2 is 1.67 bits per heavy atom. The highest BCUT2D eigenvalue weighted by Crippen LogP contribution is 2.25. The van der Waals surface area contributed by atoms with Crippen molar-refractivity contribution in [3.63, 3.8) is 0 Å². The number of rotatable bonds is 2. The van der Waals surface area contributed by atoms with E-state index in [0.717, 1.165) is 6.07 Å². The fraction of sp³-hybridized carbons (Fsp3) is 0.0909. The average Bonchev–Trinajstić information content (AvgIpc) is 2.26. The van der Waals surface area contributed by atoms with E-state index in [-0.39, 0.29) is 5.46 Å². The van der Waals surface area contributed by atoms with E-state index in [1.165, 1.54) is 12.1 Å². The van der Waals surface area contributed by atoms with Crippen molar-refractivity contribution < 1.29 is 28.0 Å². The van der Waals surface area contributed by atoms with Crippen LogP contribution in [0.3, 0.4) is 0 Å². The van der Waals surface area contributed by atoms with Gasteiger partial charge in [0.2, 0.25) is 0 Å². The molecule has 2 N–H and O–H groups in total. The lowest BCUT2D eigenvalue weighted by Crippen LogP contribution is -2.34. The van der Waals surface area contributed by atoms with Gasteiger partial charge < -0.3 is 14.8 Å². The van der Waals surface area contributed by atoms with E-state index in [2.05, 4.69) is 4.74 Å². The molecule has 3 nitrogen and oxygen atoms in total. The van der Waals surface area contributed by atoms with Crippen LogP contribution in [0.1, 0.15) is 0 Å². The first-order chi connectivity index (χ1) is 8.38. The van der Waals surface area contributed by atoms with E-state index in [0.29, 0.717) is 10.8 Å². The maximum Gasteiger partial charge on any atom is 0.573 e. The van der Waals surface area contributed by atoms with Gasteiger partial charge in [-0.1, -0.05) is 30.3 Å². The van der Waals surface area contributed by atoms with Crippen molar-refractivity contribution in [2.45, 2.75) is 6.36 Å². The molecule has 2 rings (SSSR count). The van der Waals surface area contributed by atoms with Crippen LogP contribution in [-0.4, -0.2) is 23.5 Å². The minimum atomic E-state index is -4.88. The summed E-state index contributed by atoms with van der Waals surface area (Å²) in [5, 5.41) is 19.3. The fourth-order valence-electron chi connectivity index (χ4n) is 1.76. The zero-order valence-electron chi connectivity index (χ0n) is 8.98. The first kappa shape index (κ1) is 12.7. The van der Waals surface area contributed by atoms with Crippen LogP contribution in [-0.2, 0) is 0 Å². The second kappa shape index (κ2) is 4.51. The van der Waals surface area contributed by atoms with Gasteiger partial charge in [0.15, 0.2) is 0 Å². The minimum absolute atomic E-state index is 0.300. The van der Waals surface area contributed by atoms with Crippen LogP contribution in [0.5, 0.6) is 5.75 Å². The van der Waals surface area contributed by atoms with Gasteiger partial charge >= 0.3 is 13.5 Å². The van der Waals surface area contributed by atoms with Crippen LogP contribution >= 0.6 is 0 Å². The normalized spacial score (nSPS) is 11.6. The van der Waals surface area contributed by atoms with E-state index in [9.17, 15) is 23.2 Å². The zero-order chi connectivity index (χ0) is 13.3. The number of halogens is 3. The molecule has 2 aromatic rings. The Kier molecular flexibility index (Phi) is 3.19. The molecule has 0 bridgehead atoms. The van der Waals surface area contributed by atoms with E-state index >= 15 is 0 Å². The molecule has 0 radical (unpaired) electrons. The molecular formula is C11H8BF3O3. The number of hydrogen-bond donors (Lipinski definition) is 2. The van der Waals surface area contributed by atoms with Gasteiger partial charge in [0.25, 0.3) is 0 Å². The lowest BCUT2D eigenvalue weighted by atomic mass is 9.76. The third-order valence-electron chi connectivity index (χ3n) is 2.41. The van der Waals surface area contributed by atoms with Gasteiger partial charge in [-0.2, -0.15) is 0 Å². The molecule has 0 spiro atoms. The van der Waals surface area contributed by atoms with Crippen molar-refractivity contribution >= 4 is 23.4 Å². The maximum atomic E-state index is 12.2. The van der Waals surface area contributed by atoms with Gasteiger partial charge in [0, 0.05) is 5.46 Å². The molecule has 0 fully saturated rings. The van der Waals surface area contributed by atoms with Crippen molar-refractivity contribution in [3.8, 4) is 5.75 Å². The Morgan fingerprint density at radius 3 is 2.28 bits per heavy atom. The largest absolute Gasteiger partial charge is 0.573 e. The lowest BCUT2D eigenvalue weighted by molar-refractivity contribution is -0.274. The Balaban J connectivity index is 2.63. The van der Waals surface area contributed by atoms with Crippen LogP contribution in [0.15, 0.2) is 36.4 Å². The van der Waals surface area contributed by atoms with E-state index in [4.69, 9.17) is 0 Å². The molecule has 0 aliphatic rings. The molecular weight excluding hydrogens is 248 g/mol. The Morgan fingerprint density at radius 1 is 1.00 bits per heavy atom. The summed E-state index contributed by atoms with van der Waals surface area (Å²) in [5.41, 5.74) is -0.301. The van der Waals surface area contributed by atoms with E-state index in [1.54, 1.807) is 18.2 Å². The Labute approximate surface area is 101 Å². The fourth-order valence-corrected chi connectivity index (χ4v) is 1.76. The van der Waals surface area contributed by atoms with Gasteiger partial charge in [0.1, 0.15) is 5.75 Å². The van der Waals surface area contributed by atoms with Crippen molar-refractivity contribution in [1.29, 1.82) is 0 Å². The van der Waals surface area contributed by atoms with Gasteiger partial charge in [-0.05, 0) is 16.8 Å². The summed E-state index contributed by atoms with van der Waals surface area (Å²) in [7, 11) is -2.05. The van der Waals surface area contributed by atoms with Gasteiger partial charge in [-0.3, -0.25) is 0 Å². The molecule has 2 aromatic carbocycles. The molecule has 0 saturated heterocycles. The lowest BCUT2D eigenvalue weighted by Gasteiger charge is -2.15. The van der Waals surface area contributed by atoms with Crippen LogP contribution in [0.25, 0.3) is 10.8 Å². The number of ether oxygens (including phenoxy) is 1. The molecule has 7 heteroatoms. The predicted molar refractivity (Wildman–Crippen MR) is 60.5 cm³/mol. The first-order valence-corrected chi connectivity index (χ1v) is 5.02. The standard InChI is InChI=1S/C11H8BF3O3/c13-11(14,15)18-9-6-5-7-3-1-2-4-8(7)10(9)12(16)17/h1-6,16-17H. The average molecular weight is 256 g/mol. The monoisotopic (exact) mass is 256 g/mol. The summed E-state index contributed by atoms with van der Waals surface area (Å²) >= 11 is 0. The van der Waals surface area contributed by atoms with Crippen LogP contribution in [0, 0.1) is 0 Å². The smallest absolute Gasteiger partial charge is 0.423 e. The molecule has 0 atom stereocenters. The highest BCUT2D eigenvalue weighted by Gasteiger charge is 2.34. The molecule has 0 amide bonds. The summed E-state index contributed by atoms with van der Waals surface area (Å²) in [6, 6.07) is 8.91. The molecule has 18 heavy (non-hydrogen) atoms. The summed E-state index contributed by atoms with van der Waals surface area (Å²) in [4.78, 5) is 0. The molecule has 0 aromatic heterocycles. The third-order valence-corrected chi connectivity index (χ3v) is 2.41. The Hall–Kier alpha value is -1.73. The molecule has 0 aliphatic carbocycles.